The van der Waals surface area contributed by atoms with Gasteiger partial charge < -0.3 is 13.3 Å². The van der Waals surface area contributed by atoms with Crippen LogP contribution in [0.2, 0.25) is 0 Å². The van der Waals surface area contributed by atoms with Gasteiger partial charge in [0.05, 0.1) is 0 Å². The Morgan fingerprint density at radius 2 is 0.762 bits per heavy atom. The fourth-order valence-electron chi connectivity index (χ4n) is 8.99. The molecule has 7 nitrogen and oxygen atoms in total. The third kappa shape index (κ3) is 5.82. The van der Waals surface area contributed by atoms with E-state index in [1.165, 1.54) is 0 Å². The maximum atomic E-state index is 6.62. The average molecular weight is 809 g/mol. The number of rotatable bonds is 6. The lowest BCUT2D eigenvalue weighted by atomic mass is 9.94. The summed E-state index contributed by atoms with van der Waals surface area (Å²) in [7, 11) is 0. The van der Waals surface area contributed by atoms with Crippen LogP contribution >= 0.6 is 0 Å². The van der Waals surface area contributed by atoms with Crippen LogP contribution in [0.15, 0.2) is 208 Å². The monoisotopic (exact) mass is 808 g/mol. The van der Waals surface area contributed by atoms with Crippen molar-refractivity contribution in [3.8, 4) is 67.5 Å². The fourth-order valence-corrected chi connectivity index (χ4v) is 8.99. The van der Waals surface area contributed by atoms with Crippen molar-refractivity contribution < 1.29 is 13.3 Å². The second-order valence-electron chi connectivity index (χ2n) is 15.8. The number of fused-ring (bicyclic) bond motifs is 9. The van der Waals surface area contributed by atoms with E-state index >= 15 is 0 Å². The number of benzene rings is 8. The second kappa shape index (κ2) is 13.9. The molecule has 0 bridgehead atoms. The van der Waals surface area contributed by atoms with E-state index in [2.05, 4.69) is 114 Å². The molecule has 0 radical (unpaired) electrons. The van der Waals surface area contributed by atoms with Gasteiger partial charge in [-0.3, -0.25) is 4.98 Å². The third-order valence-electron chi connectivity index (χ3n) is 12.0. The standard InChI is InChI=1S/C56H32N4O3/c1-5-19-49-42(11-1)45-16-7-14-40(52(45)62-49)37-28-38(41-15-8-17-46-43-12-2-6-20-50(43)63-53(41)46)30-39(29-37)56-59-54(34-23-21-33(22-24-34)36-10-9-27-57-32-36)58-55(60-56)35-25-26-51-47(31-35)44-13-3-4-18-48(44)61-51/h1-32H. The van der Waals surface area contributed by atoms with Crippen molar-refractivity contribution in [2.24, 2.45) is 0 Å². The summed E-state index contributed by atoms with van der Waals surface area (Å²) in [4.78, 5) is 20.1. The second-order valence-corrected chi connectivity index (χ2v) is 15.8. The predicted molar refractivity (Wildman–Crippen MR) is 252 cm³/mol. The zero-order chi connectivity index (χ0) is 41.4. The highest BCUT2D eigenvalue weighted by Crippen LogP contribution is 2.42. The van der Waals surface area contributed by atoms with E-state index in [-0.39, 0.29) is 0 Å². The Labute approximate surface area is 359 Å². The van der Waals surface area contributed by atoms with E-state index in [9.17, 15) is 0 Å². The minimum Gasteiger partial charge on any atom is -0.456 e. The van der Waals surface area contributed by atoms with Gasteiger partial charge >= 0.3 is 0 Å². The number of hydrogen-bond donors (Lipinski definition) is 0. The van der Waals surface area contributed by atoms with Crippen molar-refractivity contribution in [2.45, 2.75) is 0 Å². The Kier molecular flexibility index (Phi) is 7.77. The van der Waals surface area contributed by atoms with Gasteiger partial charge in [0.15, 0.2) is 17.5 Å². The maximum Gasteiger partial charge on any atom is 0.164 e. The summed E-state index contributed by atoms with van der Waals surface area (Å²) in [6.45, 7) is 0. The van der Waals surface area contributed by atoms with Gasteiger partial charge in [0.2, 0.25) is 0 Å². The smallest absolute Gasteiger partial charge is 0.164 e. The summed E-state index contributed by atoms with van der Waals surface area (Å²) in [6.07, 6.45) is 3.65. The van der Waals surface area contributed by atoms with Gasteiger partial charge in [0, 0.05) is 72.5 Å². The number of aromatic nitrogens is 4. The van der Waals surface area contributed by atoms with Crippen LogP contribution in [0, 0.1) is 0 Å². The molecule has 0 saturated heterocycles. The van der Waals surface area contributed by atoms with Gasteiger partial charge in [-0.2, -0.15) is 0 Å². The number of nitrogens with zero attached hydrogens (tertiary/aromatic N) is 4. The molecule has 8 aromatic carbocycles. The van der Waals surface area contributed by atoms with Crippen LogP contribution < -0.4 is 0 Å². The molecule has 0 unspecified atom stereocenters. The first-order valence-electron chi connectivity index (χ1n) is 20.8. The van der Waals surface area contributed by atoms with Gasteiger partial charge in [0.1, 0.15) is 33.5 Å². The van der Waals surface area contributed by atoms with E-state index in [1.54, 1.807) is 6.20 Å². The van der Waals surface area contributed by atoms with E-state index in [1.807, 2.05) is 79.0 Å². The highest BCUT2D eigenvalue weighted by atomic mass is 16.3. The molecule has 0 saturated carbocycles. The summed E-state index contributed by atoms with van der Waals surface area (Å²) < 4.78 is 19.5. The lowest BCUT2D eigenvalue weighted by molar-refractivity contribution is 0.669. The van der Waals surface area contributed by atoms with Crippen LogP contribution in [0.4, 0.5) is 0 Å². The Morgan fingerprint density at radius 1 is 0.286 bits per heavy atom. The van der Waals surface area contributed by atoms with Crippen LogP contribution in [-0.2, 0) is 0 Å². The highest BCUT2D eigenvalue weighted by molar-refractivity contribution is 6.12. The molecule has 13 aromatic rings. The quantitative estimate of drug-likeness (QED) is 0.165. The fraction of sp³-hybridized carbons (Fsp3) is 0. The molecule has 0 atom stereocenters. The Balaban J connectivity index is 1.06. The average Bonchev–Trinajstić information content (AvgIpc) is 4.05. The molecule has 7 heteroatoms. The summed E-state index contributed by atoms with van der Waals surface area (Å²) >= 11 is 0. The number of pyridine rings is 1. The summed E-state index contributed by atoms with van der Waals surface area (Å²) in [5, 5.41) is 6.27. The van der Waals surface area contributed by atoms with Crippen molar-refractivity contribution in [3.05, 3.63) is 194 Å². The first-order valence-corrected chi connectivity index (χ1v) is 20.8. The summed E-state index contributed by atoms with van der Waals surface area (Å²) in [5.41, 5.74) is 13.4. The molecule has 0 N–H and O–H groups in total. The summed E-state index contributed by atoms with van der Waals surface area (Å²) in [6, 6.07) is 62.1. The molecule has 0 spiro atoms. The van der Waals surface area contributed by atoms with E-state index < -0.39 is 0 Å². The Morgan fingerprint density at radius 3 is 1.37 bits per heavy atom. The topological polar surface area (TPSA) is 91.0 Å². The SMILES string of the molecule is c1cncc(-c2ccc(-c3nc(-c4cc(-c5cccc6c5oc5ccccc56)cc(-c5cccc6c5oc5ccccc56)c4)nc(-c4ccc5oc6ccccc6c5c4)n3)cc2)c1. The summed E-state index contributed by atoms with van der Waals surface area (Å²) in [5.74, 6) is 1.62. The van der Waals surface area contributed by atoms with Gasteiger partial charge in [-0.25, -0.2) is 15.0 Å². The van der Waals surface area contributed by atoms with Crippen LogP contribution in [0.1, 0.15) is 0 Å². The van der Waals surface area contributed by atoms with Crippen LogP contribution in [0.25, 0.3) is 133 Å². The number of hydrogen-bond acceptors (Lipinski definition) is 7. The molecule has 5 heterocycles. The molecule has 5 aromatic heterocycles. The zero-order valence-electron chi connectivity index (χ0n) is 33.5. The van der Waals surface area contributed by atoms with Crippen LogP contribution in [0.5, 0.6) is 0 Å². The largest absolute Gasteiger partial charge is 0.456 e. The number of furan rings is 3. The van der Waals surface area contributed by atoms with E-state index in [0.717, 1.165) is 116 Å². The molecule has 0 aliphatic heterocycles. The van der Waals surface area contributed by atoms with Crippen molar-refractivity contribution in [2.75, 3.05) is 0 Å². The van der Waals surface area contributed by atoms with Crippen molar-refractivity contribution in [3.63, 3.8) is 0 Å². The first kappa shape index (κ1) is 35.1. The van der Waals surface area contributed by atoms with Crippen molar-refractivity contribution in [1.82, 2.24) is 19.9 Å². The molecule has 0 fully saturated rings. The first-order chi connectivity index (χ1) is 31.2. The Bertz CT molecular complexity index is 3790. The lowest BCUT2D eigenvalue weighted by Gasteiger charge is -2.13. The normalized spacial score (nSPS) is 11.8. The van der Waals surface area contributed by atoms with Crippen molar-refractivity contribution in [1.29, 1.82) is 0 Å². The molecule has 0 amide bonds. The lowest BCUT2D eigenvalue weighted by Crippen LogP contribution is -2.01. The molecule has 13 rings (SSSR count). The van der Waals surface area contributed by atoms with Gasteiger partial charge in [-0.1, -0.05) is 121 Å². The molecular formula is C56H32N4O3. The Hall–Kier alpha value is -8.68. The molecular weight excluding hydrogens is 777 g/mol. The molecule has 0 aliphatic carbocycles. The highest BCUT2D eigenvalue weighted by Gasteiger charge is 2.20. The minimum atomic E-state index is 0.528. The van der Waals surface area contributed by atoms with Gasteiger partial charge in [0.25, 0.3) is 0 Å². The van der Waals surface area contributed by atoms with E-state index in [0.29, 0.717) is 17.5 Å². The predicted octanol–water partition coefficient (Wildman–Crippen LogP) is 15.0. The van der Waals surface area contributed by atoms with Crippen LogP contribution in [-0.4, -0.2) is 19.9 Å². The number of para-hydroxylation sites is 5. The maximum absolute atomic E-state index is 6.62. The molecule has 294 valence electrons. The van der Waals surface area contributed by atoms with Gasteiger partial charge in [-0.05, 0) is 82.9 Å². The molecule has 0 aliphatic rings. The van der Waals surface area contributed by atoms with Crippen LogP contribution in [0.3, 0.4) is 0 Å². The van der Waals surface area contributed by atoms with Crippen molar-refractivity contribution >= 4 is 65.8 Å². The minimum absolute atomic E-state index is 0.528. The molecule has 63 heavy (non-hydrogen) atoms. The third-order valence-corrected chi connectivity index (χ3v) is 12.0. The van der Waals surface area contributed by atoms with E-state index in [4.69, 9.17) is 28.2 Å². The van der Waals surface area contributed by atoms with Gasteiger partial charge in [-0.15, -0.1) is 0 Å². The zero-order valence-corrected chi connectivity index (χ0v) is 33.5.